The number of hydrogen-bond acceptors (Lipinski definition) is 10. The van der Waals surface area contributed by atoms with Crippen molar-refractivity contribution in [3.63, 3.8) is 0 Å². The normalized spacial score (nSPS) is 52.6. The highest BCUT2D eigenvalue weighted by molar-refractivity contribution is 5.92. The molecule has 1 heterocycles. The minimum absolute atomic E-state index is 0.00380. The summed E-state index contributed by atoms with van der Waals surface area (Å²) in [5.41, 5.74) is -2.90. The van der Waals surface area contributed by atoms with Crippen molar-refractivity contribution in [2.24, 2.45) is 34.5 Å². The summed E-state index contributed by atoms with van der Waals surface area (Å²) in [6.45, 7) is 3.22. The second-order valence-electron chi connectivity index (χ2n) is 12.8. The SMILES string of the molecule is C[C@]12CC[C@@H](O[C@@H]3O[C@H](C(=O)O)[C@H](O)[C@H](O)[C@@H]3O)C[C@@H]1CC[C@H]1[C@H]3CC[C@@](O)(C(=O)CO)[C@]3(C)CC(=O)[C@@H]12. The molecule has 11 heteroatoms. The van der Waals surface area contributed by atoms with E-state index in [9.17, 15) is 45.0 Å². The van der Waals surface area contributed by atoms with Crippen LogP contribution in [0.15, 0.2) is 0 Å². The van der Waals surface area contributed by atoms with Gasteiger partial charge in [0.05, 0.1) is 6.10 Å². The molecule has 11 nitrogen and oxygen atoms in total. The number of rotatable bonds is 5. The van der Waals surface area contributed by atoms with Gasteiger partial charge in [-0.05, 0) is 68.1 Å². The summed E-state index contributed by atoms with van der Waals surface area (Å²) in [6.07, 6.45) is -4.28. The number of ether oxygens (including phenoxy) is 2. The minimum atomic E-state index is -1.78. The zero-order valence-electron chi connectivity index (χ0n) is 21.9. The number of carboxylic acid groups (broad SMARTS) is 1. The van der Waals surface area contributed by atoms with Crippen LogP contribution in [0.1, 0.15) is 65.2 Å². The molecule has 13 atom stereocenters. The molecule has 4 aliphatic carbocycles. The first-order valence-electron chi connectivity index (χ1n) is 13.8. The second kappa shape index (κ2) is 9.57. The third kappa shape index (κ3) is 3.92. The second-order valence-corrected chi connectivity index (χ2v) is 12.8. The van der Waals surface area contributed by atoms with Gasteiger partial charge < -0.3 is 40.1 Å². The molecule has 0 amide bonds. The Morgan fingerprint density at radius 2 is 1.74 bits per heavy atom. The number of hydrogen-bond donors (Lipinski definition) is 6. The molecule has 0 bridgehead atoms. The van der Waals surface area contributed by atoms with Crippen LogP contribution in [0.5, 0.6) is 0 Å². The smallest absolute Gasteiger partial charge is 0.335 e. The van der Waals surface area contributed by atoms with Gasteiger partial charge in [0.15, 0.2) is 18.2 Å². The van der Waals surface area contributed by atoms with E-state index in [1.54, 1.807) is 0 Å². The number of aliphatic hydroxyl groups excluding tert-OH is 4. The molecule has 0 radical (unpaired) electrons. The number of ketones is 2. The molecule has 0 aromatic heterocycles. The highest BCUT2D eigenvalue weighted by atomic mass is 16.7. The predicted molar refractivity (Wildman–Crippen MR) is 128 cm³/mol. The van der Waals surface area contributed by atoms with Gasteiger partial charge >= 0.3 is 5.97 Å². The van der Waals surface area contributed by atoms with E-state index in [4.69, 9.17) is 9.47 Å². The van der Waals surface area contributed by atoms with E-state index >= 15 is 0 Å². The Bertz CT molecular complexity index is 986. The molecular formula is C27H40O11. The third-order valence-electron chi connectivity index (χ3n) is 11.2. The Hall–Kier alpha value is -1.47. The molecule has 5 fully saturated rings. The number of aliphatic hydroxyl groups is 5. The topological polar surface area (TPSA) is 191 Å². The number of fused-ring (bicyclic) bond motifs is 5. The highest BCUT2D eigenvalue weighted by Gasteiger charge is 2.69. The molecule has 4 saturated carbocycles. The first-order valence-corrected chi connectivity index (χ1v) is 13.8. The van der Waals surface area contributed by atoms with E-state index in [0.717, 1.165) is 12.8 Å². The van der Waals surface area contributed by atoms with Crippen LogP contribution in [0.4, 0.5) is 0 Å². The van der Waals surface area contributed by atoms with E-state index < -0.39 is 60.1 Å². The van der Waals surface area contributed by atoms with Crippen LogP contribution >= 0.6 is 0 Å². The summed E-state index contributed by atoms with van der Waals surface area (Å²) in [5, 5.41) is 60.6. The van der Waals surface area contributed by atoms with Crippen molar-refractivity contribution in [3.05, 3.63) is 0 Å². The average molecular weight is 541 g/mol. The first kappa shape index (κ1) is 28.1. The lowest BCUT2D eigenvalue weighted by Gasteiger charge is -2.60. The van der Waals surface area contributed by atoms with Crippen LogP contribution in [0.25, 0.3) is 0 Å². The Kier molecular flexibility index (Phi) is 7.07. The van der Waals surface area contributed by atoms with Crippen molar-refractivity contribution in [2.75, 3.05) is 6.61 Å². The molecule has 214 valence electrons. The Balaban J connectivity index is 1.31. The predicted octanol–water partition coefficient (Wildman–Crippen LogP) is -0.222. The summed E-state index contributed by atoms with van der Waals surface area (Å²) in [7, 11) is 0. The van der Waals surface area contributed by atoms with Crippen LogP contribution in [0, 0.1) is 34.5 Å². The molecule has 6 N–H and O–H groups in total. The maximum Gasteiger partial charge on any atom is 0.335 e. The number of carboxylic acids is 1. The average Bonchev–Trinajstić information content (AvgIpc) is 3.14. The fraction of sp³-hybridized carbons (Fsp3) is 0.889. The number of aliphatic carboxylic acids is 1. The van der Waals surface area contributed by atoms with E-state index in [1.165, 1.54) is 0 Å². The zero-order valence-corrected chi connectivity index (χ0v) is 21.9. The van der Waals surface area contributed by atoms with Gasteiger partial charge in [-0.1, -0.05) is 13.8 Å². The summed E-state index contributed by atoms with van der Waals surface area (Å²) in [5.74, 6) is -2.06. The van der Waals surface area contributed by atoms with Crippen molar-refractivity contribution >= 4 is 17.5 Å². The Morgan fingerprint density at radius 3 is 2.39 bits per heavy atom. The van der Waals surface area contributed by atoms with Gasteiger partial charge in [-0.2, -0.15) is 0 Å². The molecule has 5 aliphatic rings. The maximum absolute atomic E-state index is 13.8. The fourth-order valence-electron chi connectivity index (χ4n) is 9.10. The van der Waals surface area contributed by atoms with Crippen LogP contribution < -0.4 is 0 Å². The number of Topliss-reactive ketones (excluding diaryl/α,β-unsaturated/α-hetero) is 2. The zero-order chi connectivity index (χ0) is 27.8. The van der Waals surface area contributed by atoms with E-state index in [0.29, 0.717) is 25.7 Å². The van der Waals surface area contributed by atoms with Crippen LogP contribution in [0.3, 0.4) is 0 Å². The first-order chi connectivity index (χ1) is 17.8. The molecule has 1 saturated heterocycles. The largest absolute Gasteiger partial charge is 0.479 e. The summed E-state index contributed by atoms with van der Waals surface area (Å²) >= 11 is 0. The number of carbonyl (C=O) groups excluding carboxylic acids is 2. The van der Waals surface area contributed by atoms with Gasteiger partial charge in [-0.15, -0.1) is 0 Å². The van der Waals surface area contributed by atoms with Gasteiger partial charge in [0.1, 0.15) is 36.3 Å². The van der Waals surface area contributed by atoms with Gasteiger partial charge in [0.2, 0.25) is 0 Å². The van der Waals surface area contributed by atoms with Crippen LogP contribution in [-0.4, -0.2) is 97.2 Å². The summed E-state index contributed by atoms with van der Waals surface area (Å²) in [6, 6.07) is 0. The molecular weight excluding hydrogens is 500 g/mol. The lowest BCUT2D eigenvalue weighted by molar-refractivity contribution is -0.309. The summed E-state index contributed by atoms with van der Waals surface area (Å²) < 4.78 is 11.3. The number of carbonyl (C=O) groups is 3. The van der Waals surface area contributed by atoms with Crippen LogP contribution in [0.2, 0.25) is 0 Å². The van der Waals surface area contributed by atoms with Crippen molar-refractivity contribution in [2.45, 2.75) is 108 Å². The van der Waals surface area contributed by atoms with E-state index in [-0.39, 0.29) is 53.8 Å². The van der Waals surface area contributed by atoms with E-state index in [1.807, 2.05) is 6.92 Å². The van der Waals surface area contributed by atoms with Gasteiger partial charge in [-0.3, -0.25) is 9.59 Å². The minimum Gasteiger partial charge on any atom is -0.479 e. The standard InChI is InChI=1S/C27H40O11/c1-25-7-5-13(37-24-21(33)19(31)20(32)22(38-24)23(34)35)9-12(25)3-4-14-15-6-8-27(36,17(30)11-28)26(15,2)10-16(29)18(14)25/h12-15,18-22,24,28,31-33,36H,3-11H2,1-2H3,(H,34,35)/t12-,13+,14-,15+,18+,19-,20+,21-,22-,24+,25-,26+,27+/m0/s1. The Morgan fingerprint density at radius 1 is 1.03 bits per heavy atom. The molecule has 0 aromatic rings. The monoisotopic (exact) mass is 540 g/mol. The molecule has 0 unspecified atom stereocenters. The summed E-state index contributed by atoms with van der Waals surface area (Å²) in [4.78, 5) is 37.8. The van der Waals surface area contributed by atoms with Crippen molar-refractivity contribution in [3.8, 4) is 0 Å². The maximum atomic E-state index is 13.8. The van der Waals surface area contributed by atoms with E-state index in [2.05, 4.69) is 6.92 Å². The molecule has 0 spiro atoms. The van der Waals surface area contributed by atoms with Gasteiger partial charge in [0.25, 0.3) is 0 Å². The van der Waals surface area contributed by atoms with Gasteiger partial charge in [-0.25, -0.2) is 4.79 Å². The highest BCUT2D eigenvalue weighted by Crippen LogP contribution is 2.67. The van der Waals surface area contributed by atoms with Gasteiger partial charge in [0, 0.05) is 17.8 Å². The Labute approximate surface area is 221 Å². The van der Waals surface area contributed by atoms with Crippen LogP contribution in [-0.2, 0) is 23.9 Å². The molecule has 1 aliphatic heterocycles. The lowest BCUT2D eigenvalue weighted by atomic mass is 9.44. The quantitative estimate of drug-likeness (QED) is 0.253. The fourth-order valence-corrected chi connectivity index (χ4v) is 9.10. The molecule has 5 rings (SSSR count). The lowest BCUT2D eigenvalue weighted by Crippen LogP contribution is -2.63. The van der Waals surface area contributed by atoms with Crippen molar-refractivity contribution in [1.82, 2.24) is 0 Å². The molecule has 38 heavy (non-hydrogen) atoms. The third-order valence-corrected chi connectivity index (χ3v) is 11.2. The van der Waals surface area contributed by atoms with Crippen molar-refractivity contribution in [1.29, 1.82) is 0 Å². The van der Waals surface area contributed by atoms with Crippen molar-refractivity contribution < 1.29 is 54.5 Å². The molecule has 0 aromatic carbocycles.